The predicted octanol–water partition coefficient (Wildman–Crippen LogP) is 4.97. The van der Waals surface area contributed by atoms with Crippen LogP contribution in [-0.4, -0.2) is 8.07 Å². The molecule has 9 aromatic rings. The Hall–Kier alpha value is -5.74. The van der Waals surface area contributed by atoms with Gasteiger partial charge in [-0.2, -0.15) is 11.6 Å². The maximum Gasteiger partial charge on any atom is 4.00 e. The fraction of sp³-hybridized carbons (Fsp3) is 0.147. The van der Waals surface area contributed by atoms with Crippen LogP contribution in [0, 0.1) is 12.0 Å². The first-order chi connectivity index (χ1) is 33.9. The number of hydrogen-bond acceptors (Lipinski definition) is 0. The van der Waals surface area contributed by atoms with Gasteiger partial charge in [-0.25, -0.2) is 5.20 Å². The van der Waals surface area contributed by atoms with Crippen molar-refractivity contribution in [2.24, 2.45) is 5.92 Å². The van der Waals surface area contributed by atoms with Gasteiger partial charge in [-0.05, 0) is 121 Å². The summed E-state index contributed by atoms with van der Waals surface area (Å²) >= 11 is 0. The molecule has 0 spiro atoms. The molecule has 0 radical (unpaired) electrons. The van der Waals surface area contributed by atoms with Crippen LogP contribution in [0.2, 0.25) is 0 Å². The summed E-state index contributed by atoms with van der Waals surface area (Å²) in [6.45, 7) is 4.79. The fourth-order valence-corrected chi connectivity index (χ4v) is 16.3. The Morgan fingerprint density at radius 3 is 0.753 bits per heavy atom. The van der Waals surface area contributed by atoms with Crippen molar-refractivity contribution >= 4 is 23.6 Å². The molecule has 5 heteroatoms. The second-order valence-electron chi connectivity index (χ2n) is 19.4. The normalized spacial score (nSPS) is 11.8. The van der Waals surface area contributed by atoms with Gasteiger partial charge in [0.05, 0.1) is 0 Å². The molecule has 0 atom stereocenters. The molecular weight excluding hydrogens is 999 g/mol. The molecule has 0 saturated heterocycles. The molecule has 0 saturated carbocycles. The average molecular weight is 1060 g/mol. The third-order valence-corrected chi connectivity index (χ3v) is 18.5. The van der Waals surface area contributed by atoms with Crippen LogP contribution in [0.25, 0.3) is 0 Å². The van der Waals surface area contributed by atoms with Gasteiger partial charge in [-0.1, -0.05) is 256 Å². The molecule has 0 amide bonds. The number of hydrogen-bond donors (Lipinski definition) is 0. The van der Waals surface area contributed by atoms with Crippen molar-refractivity contribution < 1.29 is 58.9 Å². The Labute approximate surface area is 469 Å². The van der Waals surface area contributed by atoms with Crippen molar-refractivity contribution in [3.8, 4) is 0 Å². The molecule has 0 heterocycles. The number of halogens is 3. The van der Waals surface area contributed by atoms with Gasteiger partial charge in [-0.3, -0.25) is 6.08 Å². The second-order valence-corrected chi connectivity index (χ2v) is 23.1. The Bertz CT molecular complexity index is 2700. The molecular formula is C68H61Cl3SiTi. The standard InChI is InChI=1S/C68H61Si.3ClH.Ti/c1-51(2)67-34-21-35-68(67)69(64-45-58(36-52-22-9-3-10-23-52)42-59(46-64)37-53-24-11-4-12-25-53,65-47-60(38-54-26-13-5-14-27-54)43-61(48-65)39-55-28-15-6-16-29-55)66-49-62(40-56-30-17-7-18-31-56)44-63(50-66)41-57-32-19-8-20-33-57;;;;/h3-20,22-34,42-51H,21,36-41H2,1-2H3;3*1H;/q-1;;;;+4/p-3. The summed E-state index contributed by atoms with van der Waals surface area (Å²) in [5, 5.41) is 5.72. The van der Waals surface area contributed by atoms with E-state index in [0.717, 1.165) is 44.9 Å². The minimum atomic E-state index is -3.27. The molecule has 73 heavy (non-hydrogen) atoms. The summed E-state index contributed by atoms with van der Waals surface area (Å²) in [6, 6.07) is 89.6. The topological polar surface area (TPSA) is 0 Å². The molecule has 0 bridgehead atoms. The summed E-state index contributed by atoms with van der Waals surface area (Å²) in [5.41, 5.74) is 17.5. The van der Waals surface area contributed by atoms with Gasteiger partial charge in [0.1, 0.15) is 8.07 Å². The van der Waals surface area contributed by atoms with E-state index in [4.69, 9.17) is 0 Å². The van der Waals surface area contributed by atoms with Crippen LogP contribution in [0.4, 0.5) is 0 Å². The average Bonchev–Trinajstić information content (AvgIpc) is 3.87. The van der Waals surface area contributed by atoms with E-state index in [9.17, 15) is 0 Å². The quantitative estimate of drug-likeness (QED) is 0.0688. The van der Waals surface area contributed by atoms with Crippen LogP contribution in [0.5, 0.6) is 0 Å². The minimum Gasteiger partial charge on any atom is -1.00 e. The smallest absolute Gasteiger partial charge is 1.00 e. The molecule has 0 nitrogen and oxygen atoms in total. The Morgan fingerprint density at radius 2 is 0.548 bits per heavy atom. The zero-order chi connectivity index (χ0) is 46.8. The molecule has 0 N–H and O–H groups in total. The van der Waals surface area contributed by atoms with Gasteiger partial charge in [0, 0.05) is 0 Å². The SMILES string of the molecule is CC(C)C1=CC[C-]=C1[Si](c1cc(Cc2ccccc2)cc(Cc2ccccc2)c1)(c1cc(Cc2ccccc2)cc(Cc2ccccc2)c1)c1cc(Cc2ccccc2)cc(Cc2ccccc2)c1.[Cl-].[Cl-].[Cl-].[Ti+4]. The van der Waals surface area contributed by atoms with Crippen LogP contribution in [-0.2, 0) is 60.2 Å². The maximum atomic E-state index is 4.23. The molecule has 10 rings (SSSR count). The third-order valence-electron chi connectivity index (χ3n) is 13.8. The van der Waals surface area contributed by atoms with Gasteiger partial charge in [0.2, 0.25) is 0 Å². The summed E-state index contributed by atoms with van der Waals surface area (Å²) in [4.78, 5) is 0. The molecule has 0 fully saturated rings. The monoisotopic (exact) mass is 1060 g/mol. The third kappa shape index (κ3) is 13.9. The minimum absolute atomic E-state index is 0. The first-order valence-electron chi connectivity index (χ1n) is 24.9. The zero-order valence-corrected chi connectivity index (χ0v) is 46.6. The second kappa shape index (κ2) is 27.0. The predicted molar refractivity (Wildman–Crippen MR) is 294 cm³/mol. The van der Waals surface area contributed by atoms with Crippen LogP contribution >= 0.6 is 0 Å². The van der Waals surface area contributed by atoms with E-state index in [1.54, 1.807) is 0 Å². The van der Waals surface area contributed by atoms with Crippen LogP contribution in [0.15, 0.2) is 253 Å². The Balaban J connectivity index is 0.00000217. The van der Waals surface area contributed by atoms with Crippen molar-refractivity contribution in [1.82, 2.24) is 0 Å². The van der Waals surface area contributed by atoms with Crippen LogP contribution < -0.4 is 52.8 Å². The molecule has 0 unspecified atom stereocenters. The largest absolute Gasteiger partial charge is 4.00 e. The van der Waals surface area contributed by atoms with Crippen molar-refractivity contribution in [3.63, 3.8) is 0 Å². The Kier molecular flexibility index (Phi) is 20.9. The summed E-state index contributed by atoms with van der Waals surface area (Å²) in [7, 11) is -3.27. The fourth-order valence-electron chi connectivity index (χ4n) is 10.8. The van der Waals surface area contributed by atoms with E-state index < -0.39 is 8.07 Å². The van der Waals surface area contributed by atoms with E-state index in [1.165, 1.54) is 93.1 Å². The van der Waals surface area contributed by atoms with Crippen molar-refractivity contribution in [1.29, 1.82) is 0 Å². The summed E-state index contributed by atoms with van der Waals surface area (Å²) in [5.74, 6) is 0.325. The Morgan fingerprint density at radius 1 is 0.329 bits per heavy atom. The first kappa shape index (κ1) is 56.6. The summed E-state index contributed by atoms with van der Waals surface area (Å²) < 4.78 is 0. The van der Waals surface area contributed by atoms with E-state index >= 15 is 0 Å². The number of benzene rings is 9. The van der Waals surface area contributed by atoms with Crippen molar-refractivity contribution in [3.05, 3.63) is 326 Å². The van der Waals surface area contributed by atoms with Crippen LogP contribution in [0.3, 0.4) is 0 Å². The van der Waals surface area contributed by atoms with E-state index in [2.05, 4.69) is 263 Å². The van der Waals surface area contributed by atoms with Crippen molar-refractivity contribution in [2.45, 2.75) is 58.8 Å². The molecule has 0 aromatic heterocycles. The van der Waals surface area contributed by atoms with Gasteiger partial charge >= 0.3 is 21.7 Å². The van der Waals surface area contributed by atoms with Crippen molar-refractivity contribution in [2.75, 3.05) is 0 Å². The van der Waals surface area contributed by atoms with Crippen LogP contribution in [0.1, 0.15) is 87.0 Å². The molecule has 9 aromatic carbocycles. The van der Waals surface area contributed by atoms with Gasteiger partial charge in [0.25, 0.3) is 0 Å². The summed E-state index contributed by atoms with van der Waals surface area (Å²) in [6.07, 6.45) is 12.7. The van der Waals surface area contributed by atoms with Gasteiger partial charge in [0.15, 0.2) is 0 Å². The maximum absolute atomic E-state index is 4.23. The zero-order valence-electron chi connectivity index (χ0n) is 41.8. The molecule has 1 aliphatic carbocycles. The first-order valence-corrected chi connectivity index (χ1v) is 26.9. The van der Waals surface area contributed by atoms with Gasteiger partial charge < -0.3 is 37.2 Å². The van der Waals surface area contributed by atoms with E-state index in [0.29, 0.717) is 5.92 Å². The molecule has 362 valence electrons. The van der Waals surface area contributed by atoms with E-state index in [-0.39, 0.29) is 58.9 Å². The number of allylic oxidation sites excluding steroid dienone is 4. The number of rotatable bonds is 17. The van der Waals surface area contributed by atoms with E-state index in [1.807, 2.05) is 0 Å². The molecule has 0 aliphatic heterocycles. The molecule has 1 aliphatic rings. The van der Waals surface area contributed by atoms with Gasteiger partial charge in [-0.15, -0.1) is 6.42 Å².